The topological polar surface area (TPSA) is 105 Å². The molecule has 0 aromatic heterocycles. The minimum absolute atomic E-state index is 0.0841. The Hall–Kier alpha value is -2.09. The summed E-state index contributed by atoms with van der Waals surface area (Å²) in [6, 6.07) is 7.96. The Morgan fingerprint density at radius 3 is 2.60 bits per heavy atom. The van der Waals surface area contributed by atoms with Crippen LogP contribution in [-0.4, -0.2) is 53.3 Å². The number of carbonyl (C=O) groups is 1. The first kappa shape index (κ1) is 21.2. The normalized spacial score (nSPS) is 25.5. The Morgan fingerprint density at radius 2 is 1.90 bits per heavy atom. The molecule has 0 spiro atoms. The summed E-state index contributed by atoms with van der Waals surface area (Å²) < 4.78 is 5.39. The molecule has 7 nitrogen and oxygen atoms in total. The highest BCUT2D eigenvalue weighted by Gasteiger charge is 2.36. The molecule has 1 amide bonds. The lowest BCUT2D eigenvalue weighted by Crippen LogP contribution is -2.43. The van der Waals surface area contributed by atoms with Crippen molar-refractivity contribution in [1.29, 1.82) is 0 Å². The van der Waals surface area contributed by atoms with Gasteiger partial charge in [-0.15, -0.1) is 0 Å². The molecule has 5 N–H and O–H groups in total. The van der Waals surface area contributed by atoms with E-state index in [1.807, 2.05) is 23.1 Å². The zero-order valence-corrected chi connectivity index (χ0v) is 17.6. The minimum atomic E-state index is -0.459. The summed E-state index contributed by atoms with van der Waals surface area (Å²) in [6.07, 6.45) is 5.90. The van der Waals surface area contributed by atoms with Crippen LogP contribution in [0, 0.1) is 11.8 Å². The molecule has 3 heterocycles. The summed E-state index contributed by atoms with van der Waals surface area (Å²) in [7, 11) is 0. The molecule has 7 heteroatoms. The van der Waals surface area contributed by atoms with Crippen molar-refractivity contribution in [2.75, 3.05) is 26.3 Å². The molecule has 2 fully saturated rings. The summed E-state index contributed by atoms with van der Waals surface area (Å²) in [5.74, 6) is 7.22. The van der Waals surface area contributed by atoms with Crippen LogP contribution >= 0.6 is 0 Å². The number of amides is 1. The Labute approximate surface area is 178 Å². The molecule has 0 aliphatic carbocycles. The molecular formula is C23H34N4O3. The number of nitrogens with zero attached hydrogens (tertiary/aromatic N) is 2. The zero-order chi connectivity index (χ0) is 21.1. The SMILES string of the molecule is N/C=C1/c2ccccc2C(CC(O)C2CCN(C(=O)CC3CCOCC3)CC2)N1N. The molecule has 4 rings (SSSR count). The van der Waals surface area contributed by atoms with Crippen molar-refractivity contribution in [2.24, 2.45) is 23.4 Å². The van der Waals surface area contributed by atoms with Crippen molar-refractivity contribution in [1.82, 2.24) is 9.91 Å². The summed E-state index contributed by atoms with van der Waals surface area (Å²) >= 11 is 0. The van der Waals surface area contributed by atoms with E-state index >= 15 is 0 Å². The lowest BCUT2D eigenvalue weighted by Gasteiger charge is -2.36. The number of aliphatic hydroxyl groups is 1. The van der Waals surface area contributed by atoms with Crippen molar-refractivity contribution in [2.45, 2.75) is 50.7 Å². The first-order valence-corrected chi connectivity index (χ1v) is 11.2. The van der Waals surface area contributed by atoms with Crippen LogP contribution in [0.3, 0.4) is 0 Å². The van der Waals surface area contributed by atoms with Crippen LogP contribution in [0.25, 0.3) is 5.70 Å². The molecule has 3 aliphatic heterocycles. The molecule has 2 saturated heterocycles. The number of nitrogens with two attached hydrogens (primary N) is 2. The van der Waals surface area contributed by atoms with Crippen LogP contribution in [0.4, 0.5) is 0 Å². The molecule has 2 atom stereocenters. The zero-order valence-electron chi connectivity index (χ0n) is 17.6. The van der Waals surface area contributed by atoms with Gasteiger partial charge in [0.15, 0.2) is 0 Å². The first-order chi connectivity index (χ1) is 14.6. The lowest BCUT2D eigenvalue weighted by molar-refractivity contribution is -0.135. The first-order valence-electron chi connectivity index (χ1n) is 11.2. The number of benzene rings is 1. The van der Waals surface area contributed by atoms with Gasteiger partial charge in [-0.3, -0.25) is 4.79 Å². The van der Waals surface area contributed by atoms with Crippen LogP contribution in [0.15, 0.2) is 30.5 Å². The van der Waals surface area contributed by atoms with Crippen molar-refractivity contribution >= 4 is 11.6 Å². The van der Waals surface area contributed by atoms with Gasteiger partial charge in [0.2, 0.25) is 5.91 Å². The van der Waals surface area contributed by atoms with E-state index in [9.17, 15) is 9.90 Å². The molecule has 0 bridgehead atoms. The summed E-state index contributed by atoms with van der Waals surface area (Å²) in [5, 5.41) is 12.7. The van der Waals surface area contributed by atoms with Crippen molar-refractivity contribution in [3.05, 3.63) is 41.6 Å². The average Bonchev–Trinajstić information content (AvgIpc) is 3.05. The second kappa shape index (κ2) is 9.37. The average molecular weight is 415 g/mol. The van der Waals surface area contributed by atoms with Gasteiger partial charge in [0.05, 0.1) is 17.8 Å². The van der Waals surface area contributed by atoms with Gasteiger partial charge in [-0.25, -0.2) is 5.84 Å². The van der Waals surface area contributed by atoms with Gasteiger partial charge >= 0.3 is 0 Å². The molecule has 1 aromatic carbocycles. The van der Waals surface area contributed by atoms with Gasteiger partial charge < -0.3 is 25.5 Å². The molecule has 2 unspecified atom stereocenters. The van der Waals surface area contributed by atoms with E-state index in [0.29, 0.717) is 18.8 Å². The Balaban J connectivity index is 1.30. The number of carbonyl (C=O) groups excluding carboxylic acids is 1. The smallest absolute Gasteiger partial charge is 0.222 e. The van der Waals surface area contributed by atoms with Gasteiger partial charge in [-0.2, -0.15) is 0 Å². The van der Waals surface area contributed by atoms with E-state index in [2.05, 4.69) is 6.07 Å². The molecule has 0 saturated carbocycles. The van der Waals surface area contributed by atoms with Crippen LogP contribution in [0.1, 0.15) is 55.7 Å². The Bertz CT molecular complexity index is 769. The number of hydrogen-bond acceptors (Lipinski definition) is 6. The van der Waals surface area contributed by atoms with E-state index in [-0.39, 0.29) is 17.9 Å². The van der Waals surface area contributed by atoms with E-state index < -0.39 is 6.10 Å². The molecule has 164 valence electrons. The number of aliphatic hydroxyl groups excluding tert-OH is 1. The highest BCUT2D eigenvalue weighted by Crippen LogP contribution is 2.42. The quantitative estimate of drug-likeness (QED) is 0.637. The summed E-state index contributed by atoms with van der Waals surface area (Å²) in [4.78, 5) is 14.6. The molecule has 1 aromatic rings. The van der Waals surface area contributed by atoms with E-state index in [4.69, 9.17) is 16.3 Å². The predicted octanol–water partition coefficient (Wildman–Crippen LogP) is 1.98. The van der Waals surface area contributed by atoms with Gasteiger partial charge in [0.1, 0.15) is 0 Å². The standard InChI is InChI=1S/C23H34N4O3/c24-15-21-19-4-2-1-3-18(19)20(27(21)25)14-22(28)17-5-9-26(10-6-17)23(29)13-16-7-11-30-12-8-16/h1-4,15-17,20,22,28H,5-14,24-25H2/b21-15-. The third-order valence-corrected chi connectivity index (χ3v) is 7.07. The maximum Gasteiger partial charge on any atom is 0.222 e. The van der Waals surface area contributed by atoms with Crippen molar-refractivity contribution in [3.8, 4) is 0 Å². The second-order valence-electron chi connectivity index (χ2n) is 8.84. The monoisotopic (exact) mass is 414 g/mol. The third kappa shape index (κ3) is 4.33. The lowest BCUT2D eigenvalue weighted by atomic mass is 9.86. The maximum absolute atomic E-state index is 12.7. The highest BCUT2D eigenvalue weighted by molar-refractivity contribution is 5.76. The van der Waals surface area contributed by atoms with Crippen LogP contribution in [0.5, 0.6) is 0 Å². The van der Waals surface area contributed by atoms with Gasteiger partial charge in [-0.1, -0.05) is 24.3 Å². The van der Waals surface area contributed by atoms with Crippen molar-refractivity contribution in [3.63, 3.8) is 0 Å². The fourth-order valence-corrected chi connectivity index (χ4v) is 5.18. The number of fused-ring (bicyclic) bond motifs is 1. The summed E-state index contributed by atoms with van der Waals surface area (Å²) in [6.45, 7) is 3.00. The largest absolute Gasteiger partial charge is 0.403 e. The van der Waals surface area contributed by atoms with Gasteiger partial charge in [0.25, 0.3) is 0 Å². The van der Waals surface area contributed by atoms with Crippen LogP contribution in [0.2, 0.25) is 0 Å². The third-order valence-electron chi connectivity index (χ3n) is 7.07. The van der Waals surface area contributed by atoms with E-state index in [0.717, 1.165) is 68.8 Å². The number of ether oxygens (including phenoxy) is 1. The highest BCUT2D eigenvalue weighted by atomic mass is 16.5. The van der Waals surface area contributed by atoms with E-state index in [1.165, 1.54) is 6.20 Å². The fourth-order valence-electron chi connectivity index (χ4n) is 5.18. The molecular weight excluding hydrogens is 380 g/mol. The van der Waals surface area contributed by atoms with Gasteiger partial charge in [0, 0.05) is 44.5 Å². The van der Waals surface area contributed by atoms with Crippen LogP contribution < -0.4 is 11.6 Å². The van der Waals surface area contributed by atoms with E-state index in [1.54, 1.807) is 5.01 Å². The maximum atomic E-state index is 12.7. The number of likely N-dealkylation sites (tertiary alicyclic amines) is 1. The predicted molar refractivity (Wildman–Crippen MR) is 115 cm³/mol. The minimum Gasteiger partial charge on any atom is -0.403 e. The second-order valence-corrected chi connectivity index (χ2v) is 8.84. The Kier molecular flexibility index (Phi) is 6.61. The van der Waals surface area contributed by atoms with Crippen LogP contribution in [-0.2, 0) is 9.53 Å². The number of piperidine rings is 1. The van der Waals surface area contributed by atoms with Crippen molar-refractivity contribution < 1.29 is 14.6 Å². The molecule has 30 heavy (non-hydrogen) atoms. The fraction of sp³-hybridized carbons (Fsp3) is 0.609. The number of hydrogen-bond donors (Lipinski definition) is 3. The molecule has 0 radical (unpaired) electrons. The Morgan fingerprint density at radius 1 is 1.20 bits per heavy atom. The van der Waals surface area contributed by atoms with Gasteiger partial charge in [-0.05, 0) is 49.5 Å². The number of hydrazine groups is 1. The molecule has 3 aliphatic rings. The summed E-state index contributed by atoms with van der Waals surface area (Å²) in [5.41, 5.74) is 8.74. The number of rotatable bonds is 5.